The maximum atomic E-state index is 11.6. The van der Waals surface area contributed by atoms with Crippen LogP contribution in [0.15, 0.2) is 24.3 Å². The Kier molecular flexibility index (Phi) is 8.06. The summed E-state index contributed by atoms with van der Waals surface area (Å²) in [6.07, 6.45) is 2.73. The number of hydrogen-bond acceptors (Lipinski definition) is 2. The summed E-state index contributed by atoms with van der Waals surface area (Å²) in [6, 6.07) is 9.09. The molecule has 3 nitrogen and oxygen atoms in total. The van der Waals surface area contributed by atoms with Crippen molar-refractivity contribution < 1.29 is 4.79 Å². The summed E-state index contributed by atoms with van der Waals surface area (Å²) < 4.78 is 0. The number of aryl methyl sites for hydroxylation is 2. The minimum Gasteiger partial charge on any atom is -0.356 e. The van der Waals surface area contributed by atoms with Crippen molar-refractivity contribution in [2.45, 2.75) is 53.0 Å². The van der Waals surface area contributed by atoms with Gasteiger partial charge < -0.3 is 10.6 Å². The van der Waals surface area contributed by atoms with Crippen LogP contribution in [0.2, 0.25) is 0 Å². The van der Waals surface area contributed by atoms with Gasteiger partial charge in [0.15, 0.2) is 0 Å². The van der Waals surface area contributed by atoms with Gasteiger partial charge in [-0.25, -0.2) is 0 Å². The zero-order valence-corrected chi connectivity index (χ0v) is 13.9. The fraction of sp³-hybridized carbons (Fsp3) is 0.611. The summed E-state index contributed by atoms with van der Waals surface area (Å²) in [7, 11) is 0. The highest BCUT2D eigenvalue weighted by atomic mass is 16.1. The summed E-state index contributed by atoms with van der Waals surface area (Å²) in [5.74, 6) is 0.650. The van der Waals surface area contributed by atoms with Crippen molar-refractivity contribution in [3.63, 3.8) is 0 Å². The SMILES string of the molecule is Cc1cccc(CCC(C)NCCC(=O)NCC(C)C)c1. The average Bonchev–Trinajstić information content (AvgIpc) is 2.43. The Bertz CT molecular complexity index is 429. The first-order valence-electron chi connectivity index (χ1n) is 8.03. The van der Waals surface area contributed by atoms with Crippen LogP contribution in [-0.4, -0.2) is 25.0 Å². The summed E-state index contributed by atoms with van der Waals surface area (Å²) in [5, 5.41) is 6.37. The van der Waals surface area contributed by atoms with Gasteiger partial charge in [-0.15, -0.1) is 0 Å². The molecule has 0 radical (unpaired) electrons. The number of benzene rings is 1. The Morgan fingerprint density at radius 2 is 2.00 bits per heavy atom. The molecular formula is C18H30N2O. The van der Waals surface area contributed by atoms with Crippen LogP contribution in [0.4, 0.5) is 0 Å². The molecule has 0 aliphatic carbocycles. The summed E-state index contributed by atoms with van der Waals surface area (Å²) in [5.41, 5.74) is 2.70. The lowest BCUT2D eigenvalue weighted by atomic mass is 10.0. The van der Waals surface area contributed by atoms with E-state index < -0.39 is 0 Å². The normalized spacial score (nSPS) is 12.4. The molecule has 0 aliphatic heterocycles. The topological polar surface area (TPSA) is 41.1 Å². The Hall–Kier alpha value is -1.35. The van der Waals surface area contributed by atoms with Crippen molar-refractivity contribution in [3.8, 4) is 0 Å². The van der Waals surface area contributed by atoms with Crippen LogP contribution in [0.25, 0.3) is 0 Å². The van der Waals surface area contributed by atoms with E-state index in [-0.39, 0.29) is 5.91 Å². The van der Waals surface area contributed by atoms with E-state index in [2.05, 4.69) is 62.6 Å². The molecular weight excluding hydrogens is 260 g/mol. The summed E-state index contributed by atoms with van der Waals surface area (Å²) in [6.45, 7) is 10.0. The molecule has 118 valence electrons. The fourth-order valence-electron chi connectivity index (χ4n) is 2.19. The molecule has 0 saturated heterocycles. The number of nitrogens with one attached hydrogen (secondary N) is 2. The second kappa shape index (κ2) is 9.56. The van der Waals surface area contributed by atoms with E-state index in [1.165, 1.54) is 11.1 Å². The molecule has 1 atom stereocenters. The zero-order valence-electron chi connectivity index (χ0n) is 13.9. The first-order chi connectivity index (χ1) is 9.97. The first-order valence-corrected chi connectivity index (χ1v) is 8.03. The molecule has 0 heterocycles. The number of carbonyl (C=O) groups excluding carboxylic acids is 1. The van der Waals surface area contributed by atoms with Crippen LogP contribution in [0.3, 0.4) is 0 Å². The van der Waals surface area contributed by atoms with Gasteiger partial charge in [-0.3, -0.25) is 4.79 Å². The van der Waals surface area contributed by atoms with Crippen LogP contribution in [0.5, 0.6) is 0 Å². The molecule has 0 aliphatic rings. The van der Waals surface area contributed by atoms with E-state index in [4.69, 9.17) is 0 Å². The number of hydrogen-bond donors (Lipinski definition) is 2. The lowest BCUT2D eigenvalue weighted by Crippen LogP contribution is -2.33. The quantitative estimate of drug-likeness (QED) is 0.734. The molecule has 1 amide bonds. The third kappa shape index (κ3) is 8.51. The molecule has 0 bridgehead atoms. The molecule has 1 aromatic rings. The van der Waals surface area contributed by atoms with Gasteiger partial charge in [-0.05, 0) is 38.2 Å². The third-order valence-corrected chi connectivity index (χ3v) is 3.50. The summed E-state index contributed by atoms with van der Waals surface area (Å²) in [4.78, 5) is 11.6. The van der Waals surface area contributed by atoms with Gasteiger partial charge in [0.2, 0.25) is 5.91 Å². The van der Waals surface area contributed by atoms with Crippen LogP contribution < -0.4 is 10.6 Å². The van der Waals surface area contributed by atoms with Crippen molar-refractivity contribution in [2.75, 3.05) is 13.1 Å². The van der Waals surface area contributed by atoms with Gasteiger partial charge in [0.05, 0.1) is 0 Å². The molecule has 3 heteroatoms. The fourth-order valence-corrected chi connectivity index (χ4v) is 2.19. The second-order valence-corrected chi connectivity index (χ2v) is 6.33. The molecule has 21 heavy (non-hydrogen) atoms. The molecule has 1 aromatic carbocycles. The smallest absolute Gasteiger partial charge is 0.221 e. The van der Waals surface area contributed by atoms with E-state index in [1.54, 1.807) is 0 Å². The zero-order chi connectivity index (χ0) is 15.7. The molecule has 0 fully saturated rings. The molecule has 0 aromatic heterocycles. The minimum absolute atomic E-state index is 0.141. The second-order valence-electron chi connectivity index (χ2n) is 6.33. The first kappa shape index (κ1) is 17.7. The number of carbonyl (C=O) groups is 1. The predicted octanol–water partition coefficient (Wildman–Crippen LogP) is 3.07. The minimum atomic E-state index is 0.141. The number of rotatable bonds is 9. The van der Waals surface area contributed by atoms with Crippen molar-refractivity contribution in [2.24, 2.45) is 5.92 Å². The maximum Gasteiger partial charge on any atom is 0.221 e. The van der Waals surface area contributed by atoms with Crippen LogP contribution in [-0.2, 0) is 11.2 Å². The van der Waals surface area contributed by atoms with Crippen molar-refractivity contribution in [3.05, 3.63) is 35.4 Å². The lowest BCUT2D eigenvalue weighted by molar-refractivity contribution is -0.121. The predicted molar refractivity (Wildman–Crippen MR) is 89.4 cm³/mol. The standard InChI is InChI=1S/C18H30N2O/c1-14(2)13-20-18(21)10-11-19-16(4)8-9-17-7-5-6-15(3)12-17/h5-7,12,14,16,19H,8-11,13H2,1-4H3,(H,20,21). The van der Waals surface area contributed by atoms with Gasteiger partial charge in [0.25, 0.3) is 0 Å². The van der Waals surface area contributed by atoms with E-state index in [9.17, 15) is 4.79 Å². The molecule has 0 spiro atoms. The van der Waals surface area contributed by atoms with Gasteiger partial charge in [-0.1, -0.05) is 43.7 Å². The molecule has 1 rings (SSSR count). The van der Waals surface area contributed by atoms with E-state index in [0.29, 0.717) is 18.4 Å². The molecule has 1 unspecified atom stereocenters. The average molecular weight is 290 g/mol. The lowest BCUT2D eigenvalue weighted by Gasteiger charge is -2.14. The Balaban J connectivity index is 2.14. The van der Waals surface area contributed by atoms with Gasteiger partial charge >= 0.3 is 0 Å². The monoisotopic (exact) mass is 290 g/mol. The Morgan fingerprint density at radius 3 is 2.67 bits per heavy atom. The Morgan fingerprint density at radius 1 is 1.24 bits per heavy atom. The third-order valence-electron chi connectivity index (χ3n) is 3.50. The van der Waals surface area contributed by atoms with Crippen LogP contribution in [0, 0.1) is 12.8 Å². The van der Waals surface area contributed by atoms with Crippen molar-refractivity contribution >= 4 is 5.91 Å². The summed E-state index contributed by atoms with van der Waals surface area (Å²) >= 11 is 0. The van der Waals surface area contributed by atoms with Gasteiger partial charge in [0.1, 0.15) is 0 Å². The van der Waals surface area contributed by atoms with Crippen LogP contribution >= 0.6 is 0 Å². The van der Waals surface area contributed by atoms with Crippen LogP contribution in [0.1, 0.15) is 44.7 Å². The maximum absolute atomic E-state index is 11.6. The highest BCUT2D eigenvalue weighted by Crippen LogP contribution is 2.08. The van der Waals surface area contributed by atoms with Crippen molar-refractivity contribution in [1.29, 1.82) is 0 Å². The van der Waals surface area contributed by atoms with E-state index in [1.807, 2.05) is 0 Å². The van der Waals surface area contributed by atoms with Gasteiger partial charge in [-0.2, -0.15) is 0 Å². The van der Waals surface area contributed by atoms with Gasteiger partial charge in [0, 0.05) is 25.6 Å². The number of amides is 1. The largest absolute Gasteiger partial charge is 0.356 e. The van der Waals surface area contributed by atoms with E-state index in [0.717, 1.165) is 25.9 Å². The van der Waals surface area contributed by atoms with E-state index >= 15 is 0 Å². The van der Waals surface area contributed by atoms with Crippen molar-refractivity contribution in [1.82, 2.24) is 10.6 Å². The molecule has 0 saturated carbocycles. The Labute approximate surface area is 129 Å². The highest BCUT2D eigenvalue weighted by molar-refractivity contribution is 5.76. The molecule has 2 N–H and O–H groups in total. The highest BCUT2D eigenvalue weighted by Gasteiger charge is 2.05.